The molecule has 33 heavy (non-hydrogen) atoms. The van der Waals surface area contributed by atoms with E-state index in [0.717, 1.165) is 0 Å². The van der Waals surface area contributed by atoms with Crippen molar-refractivity contribution in [3.8, 4) is 0 Å². The van der Waals surface area contributed by atoms with Crippen LogP contribution in [-0.2, 0) is 24.0 Å². The second kappa shape index (κ2) is 15.1. The molecule has 0 unspecified atom stereocenters. The van der Waals surface area contributed by atoms with Gasteiger partial charge in [-0.1, -0.05) is 13.8 Å². The van der Waals surface area contributed by atoms with Crippen LogP contribution >= 0.6 is 0 Å². The lowest BCUT2D eigenvalue weighted by molar-refractivity contribution is -0.143. The highest BCUT2D eigenvalue weighted by Crippen LogP contribution is 2.05. The van der Waals surface area contributed by atoms with Gasteiger partial charge in [0, 0.05) is 0 Å². The first-order valence-electron chi connectivity index (χ1n) is 10.0. The molecule has 0 aliphatic carbocycles. The molecular weight excluding hydrogens is 446 g/mol. The highest BCUT2D eigenvalue weighted by molar-refractivity contribution is 5.95. The standard InChI is InChI=1S/C18H33N5O10/c1-8(2)3-10(18(32)33)20-15(29)12(6-26)22-17(31)13(7-27)23-16(30)11(5-25)21-14(28)9(19)4-24/h8-13,24-27H,3-7,19H2,1-2H3,(H,20,29)(H,21,28)(H,22,31)(H,23,30)(H,32,33)/t9-,10-,11-,12-,13-/m0/s1. The first kappa shape index (κ1) is 30.1. The number of nitrogens with one attached hydrogen (secondary N) is 4. The Hall–Kier alpha value is -2.85. The molecule has 0 aromatic heterocycles. The summed E-state index contributed by atoms with van der Waals surface area (Å²) < 4.78 is 0. The highest BCUT2D eigenvalue weighted by Gasteiger charge is 2.31. The van der Waals surface area contributed by atoms with Crippen molar-refractivity contribution in [1.82, 2.24) is 21.3 Å². The number of aliphatic hydroxyl groups excluding tert-OH is 4. The van der Waals surface area contributed by atoms with Gasteiger partial charge in [-0.2, -0.15) is 0 Å². The third-order valence-corrected chi connectivity index (χ3v) is 4.30. The van der Waals surface area contributed by atoms with Crippen molar-refractivity contribution in [2.45, 2.75) is 50.5 Å². The van der Waals surface area contributed by atoms with E-state index in [4.69, 9.17) is 10.8 Å². The Morgan fingerprint density at radius 3 is 1.24 bits per heavy atom. The van der Waals surface area contributed by atoms with E-state index in [0.29, 0.717) is 0 Å². The van der Waals surface area contributed by atoms with Crippen molar-refractivity contribution >= 4 is 29.6 Å². The monoisotopic (exact) mass is 479 g/mol. The fourth-order valence-corrected chi connectivity index (χ4v) is 2.45. The fourth-order valence-electron chi connectivity index (χ4n) is 2.45. The number of hydrogen-bond donors (Lipinski definition) is 10. The summed E-state index contributed by atoms with van der Waals surface area (Å²) >= 11 is 0. The molecule has 0 heterocycles. The van der Waals surface area contributed by atoms with Crippen LogP contribution in [0, 0.1) is 5.92 Å². The molecule has 0 aromatic carbocycles. The van der Waals surface area contributed by atoms with Crippen LogP contribution in [0.3, 0.4) is 0 Å². The van der Waals surface area contributed by atoms with Crippen LogP contribution in [0.4, 0.5) is 0 Å². The molecule has 190 valence electrons. The van der Waals surface area contributed by atoms with Gasteiger partial charge >= 0.3 is 5.97 Å². The van der Waals surface area contributed by atoms with Gasteiger partial charge in [0.2, 0.25) is 23.6 Å². The Morgan fingerprint density at radius 1 is 0.636 bits per heavy atom. The summed E-state index contributed by atoms with van der Waals surface area (Å²) in [7, 11) is 0. The van der Waals surface area contributed by atoms with Crippen molar-refractivity contribution in [1.29, 1.82) is 0 Å². The van der Waals surface area contributed by atoms with Gasteiger partial charge in [-0.25, -0.2) is 4.79 Å². The molecule has 0 aliphatic heterocycles. The number of nitrogens with two attached hydrogens (primary N) is 1. The zero-order chi connectivity index (χ0) is 25.7. The lowest BCUT2D eigenvalue weighted by atomic mass is 10.0. The summed E-state index contributed by atoms with van der Waals surface area (Å²) in [6.07, 6.45) is 0.0939. The zero-order valence-electron chi connectivity index (χ0n) is 18.4. The van der Waals surface area contributed by atoms with Gasteiger partial charge in [-0.3, -0.25) is 19.2 Å². The largest absolute Gasteiger partial charge is 0.480 e. The Labute approximate surface area is 189 Å². The molecule has 0 fully saturated rings. The predicted molar refractivity (Wildman–Crippen MR) is 111 cm³/mol. The third kappa shape index (κ3) is 10.5. The van der Waals surface area contributed by atoms with E-state index < -0.39 is 86.2 Å². The smallest absolute Gasteiger partial charge is 0.326 e. The molecular formula is C18H33N5O10. The first-order chi connectivity index (χ1) is 15.4. The molecule has 0 aromatic rings. The lowest BCUT2D eigenvalue weighted by Crippen LogP contribution is -2.60. The average Bonchev–Trinajstić information content (AvgIpc) is 2.76. The molecule has 0 spiro atoms. The number of carbonyl (C=O) groups excluding carboxylic acids is 4. The van der Waals surface area contributed by atoms with Crippen LogP contribution in [0.25, 0.3) is 0 Å². The molecule has 0 bridgehead atoms. The Morgan fingerprint density at radius 2 is 0.970 bits per heavy atom. The van der Waals surface area contributed by atoms with Crippen molar-refractivity contribution < 1.29 is 49.5 Å². The number of amides is 4. The number of rotatable bonds is 15. The minimum Gasteiger partial charge on any atom is -0.480 e. The molecule has 0 radical (unpaired) electrons. The van der Waals surface area contributed by atoms with Gasteiger partial charge in [-0.05, 0) is 12.3 Å². The second-order valence-electron chi connectivity index (χ2n) is 7.55. The van der Waals surface area contributed by atoms with Crippen LogP contribution in [0.15, 0.2) is 0 Å². The molecule has 11 N–H and O–H groups in total. The zero-order valence-corrected chi connectivity index (χ0v) is 18.4. The van der Waals surface area contributed by atoms with Gasteiger partial charge in [0.1, 0.15) is 30.2 Å². The van der Waals surface area contributed by atoms with Crippen LogP contribution in [0.5, 0.6) is 0 Å². The van der Waals surface area contributed by atoms with Gasteiger partial charge < -0.3 is 52.5 Å². The van der Waals surface area contributed by atoms with Gasteiger partial charge in [-0.15, -0.1) is 0 Å². The minimum atomic E-state index is -1.65. The van der Waals surface area contributed by atoms with Gasteiger partial charge in [0.15, 0.2) is 0 Å². The molecule has 0 saturated carbocycles. The van der Waals surface area contributed by atoms with Crippen molar-refractivity contribution in [3.63, 3.8) is 0 Å². The molecule has 15 heteroatoms. The van der Waals surface area contributed by atoms with Crippen molar-refractivity contribution in [2.75, 3.05) is 26.4 Å². The van der Waals surface area contributed by atoms with Crippen LogP contribution in [0.1, 0.15) is 20.3 Å². The summed E-state index contributed by atoms with van der Waals surface area (Å²) in [6, 6.07) is -7.44. The van der Waals surface area contributed by atoms with E-state index in [1.807, 2.05) is 10.6 Å². The maximum Gasteiger partial charge on any atom is 0.326 e. The Kier molecular flexibility index (Phi) is 13.8. The normalized spacial score (nSPS) is 15.5. The van der Waals surface area contributed by atoms with Crippen molar-refractivity contribution in [3.05, 3.63) is 0 Å². The van der Waals surface area contributed by atoms with Crippen LogP contribution < -0.4 is 27.0 Å². The van der Waals surface area contributed by atoms with E-state index in [9.17, 15) is 44.4 Å². The molecule has 0 aliphatic rings. The number of carboxylic acids is 1. The first-order valence-corrected chi connectivity index (χ1v) is 10.0. The van der Waals surface area contributed by atoms with E-state index in [2.05, 4.69) is 10.6 Å². The summed E-state index contributed by atoms with van der Waals surface area (Å²) in [5.41, 5.74) is 5.30. The highest BCUT2D eigenvalue weighted by atomic mass is 16.4. The minimum absolute atomic E-state index is 0.0746. The Bertz CT molecular complexity index is 690. The van der Waals surface area contributed by atoms with Crippen LogP contribution in [-0.4, -0.2) is 112 Å². The second-order valence-corrected chi connectivity index (χ2v) is 7.55. The summed E-state index contributed by atoms with van der Waals surface area (Å²) in [4.78, 5) is 59.9. The summed E-state index contributed by atoms with van der Waals surface area (Å²) in [5, 5.41) is 54.6. The molecule has 4 amide bonds. The summed E-state index contributed by atoms with van der Waals surface area (Å²) in [5.74, 6) is -5.53. The van der Waals surface area contributed by atoms with Crippen LogP contribution in [0.2, 0.25) is 0 Å². The SMILES string of the molecule is CC(C)C[C@H](NC(=O)[C@H](CO)NC(=O)[C@H](CO)NC(=O)[C@H](CO)NC(=O)[C@@H](N)CO)C(=O)O. The predicted octanol–water partition coefficient (Wildman–Crippen LogP) is -5.65. The lowest BCUT2D eigenvalue weighted by Gasteiger charge is -2.24. The van der Waals surface area contributed by atoms with E-state index in [1.165, 1.54) is 0 Å². The third-order valence-electron chi connectivity index (χ3n) is 4.30. The number of carbonyl (C=O) groups is 5. The molecule has 15 nitrogen and oxygen atoms in total. The molecule has 5 atom stereocenters. The maximum atomic E-state index is 12.4. The summed E-state index contributed by atoms with van der Waals surface area (Å²) in [6.45, 7) is -0.0128. The topological polar surface area (TPSA) is 261 Å². The fraction of sp³-hybridized carbons (Fsp3) is 0.722. The number of aliphatic carboxylic acids is 1. The number of hydrogen-bond acceptors (Lipinski definition) is 10. The van der Waals surface area contributed by atoms with Gasteiger partial charge in [0.25, 0.3) is 0 Å². The number of carboxylic acid groups (broad SMARTS) is 1. The van der Waals surface area contributed by atoms with Gasteiger partial charge in [0.05, 0.1) is 26.4 Å². The molecule has 0 rings (SSSR count). The van der Waals surface area contributed by atoms with E-state index in [-0.39, 0.29) is 12.3 Å². The Balaban J connectivity index is 5.14. The average molecular weight is 479 g/mol. The van der Waals surface area contributed by atoms with Crippen molar-refractivity contribution in [2.24, 2.45) is 11.7 Å². The van der Waals surface area contributed by atoms with E-state index in [1.54, 1.807) is 13.8 Å². The number of aliphatic hydroxyl groups is 4. The van der Waals surface area contributed by atoms with E-state index >= 15 is 0 Å². The quantitative estimate of drug-likeness (QED) is 0.106. The maximum absolute atomic E-state index is 12.4. The molecule has 0 saturated heterocycles.